The highest BCUT2D eigenvalue weighted by molar-refractivity contribution is 6.00. The molecule has 0 aromatic heterocycles. The molecule has 2 saturated heterocycles. The highest BCUT2D eigenvalue weighted by Crippen LogP contribution is 2.59. The van der Waals surface area contributed by atoms with Crippen LogP contribution in [0.4, 0.5) is 0 Å². The number of rotatable bonds is 5. The molecule has 3 amide bonds. The van der Waals surface area contributed by atoms with Gasteiger partial charge in [-0.3, -0.25) is 14.4 Å². The van der Waals surface area contributed by atoms with Gasteiger partial charge in [0, 0.05) is 26.2 Å². The van der Waals surface area contributed by atoms with E-state index >= 15 is 0 Å². The van der Waals surface area contributed by atoms with Crippen LogP contribution in [0.2, 0.25) is 0 Å². The number of likely N-dealkylation sites (N-methyl/N-ethyl adjacent to an activating group) is 1. The summed E-state index contributed by atoms with van der Waals surface area (Å²) >= 11 is 0. The minimum absolute atomic E-state index is 0.0997. The van der Waals surface area contributed by atoms with Crippen LogP contribution in [0.3, 0.4) is 0 Å². The summed E-state index contributed by atoms with van der Waals surface area (Å²) in [5.41, 5.74) is -1.59. The maximum absolute atomic E-state index is 14.5. The van der Waals surface area contributed by atoms with E-state index in [2.05, 4.69) is 0 Å². The van der Waals surface area contributed by atoms with Gasteiger partial charge < -0.3 is 24.5 Å². The summed E-state index contributed by atoms with van der Waals surface area (Å²) in [5, 5.41) is 10.5. The van der Waals surface area contributed by atoms with Crippen molar-refractivity contribution in [2.75, 3.05) is 26.7 Å². The van der Waals surface area contributed by atoms with Crippen molar-refractivity contribution in [3.63, 3.8) is 0 Å². The van der Waals surface area contributed by atoms with E-state index in [-0.39, 0.29) is 30.4 Å². The summed E-state index contributed by atoms with van der Waals surface area (Å²) in [6.45, 7) is 6.30. The molecule has 1 spiro atoms. The van der Waals surface area contributed by atoms with Crippen LogP contribution < -0.4 is 0 Å². The second kappa shape index (κ2) is 8.85. The number of nitrogens with zero attached hydrogens (tertiary/aromatic N) is 3. The van der Waals surface area contributed by atoms with Crippen molar-refractivity contribution in [1.29, 1.82) is 0 Å². The van der Waals surface area contributed by atoms with Crippen LogP contribution in [-0.4, -0.2) is 87.6 Å². The van der Waals surface area contributed by atoms with Crippen LogP contribution >= 0.6 is 0 Å². The number of hydrogen-bond acceptors (Lipinski definition) is 5. The van der Waals surface area contributed by atoms with Crippen LogP contribution in [0, 0.1) is 11.8 Å². The maximum Gasteiger partial charge on any atom is 0.249 e. The summed E-state index contributed by atoms with van der Waals surface area (Å²) in [5.74, 6) is -2.38. The number of aliphatic hydroxyl groups is 1. The van der Waals surface area contributed by atoms with E-state index < -0.39 is 35.1 Å². The van der Waals surface area contributed by atoms with Gasteiger partial charge in [-0.2, -0.15) is 0 Å². The third kappa shape index (κ3) is 3.30. The van der Waals surface area contributed by atoms with Gasteiger partial charge in [-0.25, -0.2) is 0 Å². The summed E-state index contributed by atoms with van der Waals surface area (Å²) in [6.07, 6.45) is 8.08. The highest BCUT2D eigenvalue weighted by Gasteiger charge is 2.75. The van der Waals surface area contributed by atoms with Gasteiger partial charge in [0.1, 0.15) is 11.6 Å². The molecule has 192 valence electrons. The third-order valence-electron chi connectivity index (χ3n) is 8.43. The quantitative estimate of drug-likeness (QED) is 0.633. The number of amides is 3. The van der Waals surface area contributed by atoms with Gasteiger partial charge in [0.2, 0.25) is 17.7 Å². The van der Waals surface area contributed by atoms with Crippen molar-refractivity contribution in [2.24, 2.45) is 11.8 Å². The first-order valence-corrected chi connectivity index (χ1v) is 12.8. The summed E-state index contributed by atoms with van der Waals surface area (Å²) in [7, 11) is 1.73. The van der Waals surface area contributed by atoms with E-state index in [4.69, 9.17) is 4.74 Å². The van der Waals surface area contributed by atoms with Gasteiger partial charge in [0.15, 0.2) is 0 Å². The lowest BCUT2D eigenvalue weighted by Gasteiger charge is -2.41. The van der Waals surface area contributed by atoms with Crippen molar-refractivity contribution in [1.82, 2.24) is 14.7 Å². The van der Waals surface area contributed by atoms with Crippen LogP contribution in [0.25, 0.3) is 0 Å². The van der Waals surface area contributed by atoms with E-state index in [9.17, 15) is 19.5 Å². The predicted octanol–water partition coefficient (Wildman–Crippen LogP) is 1.92. The van der Waals surface area contributed by atoms with Crippen molar-refractivity contribution in [2.45, 2.75) is 56.5 Å². The predicted molar refractivity (Wildman–Crippen MR) is 133 cm³/mol. The van der Waals surface area contributed by atoms with E-state index in [0.717, 1.165) is 5.56 Å². The largest absolute Gasteiger partial charge is 0.394 e. The Kier molecular flexibility index (Phi) is 6.08. The van der Waals surface area contributed by atoms with Gasteiger partial charge in [0.05, 0.1) is 30.1 Å². The molecule has 0 saturated carbocycles. The van der Waals surface area contributed by atoms with E-state index in [1.54, 1.807) is 16.8 Å². The molecule has 5 rings (SSSR count). The third-order valence-corrected chi connectivity index (χ3v) is 8.43. The second-order valence-corrected chi connectivity index (χ2v) is 10.6. The Hall–Kier alpha value is -2.97. The molecular weight excluding hydrogens is 458 g/mol. The molecule has 36 heavy (non-hydrogen) atoms. The fraction of sp³-hybridized carbons (Fsp3) is 0.536. The number of carbonyl (C=O) groups is 3. The summed E-state index contributed by atoms with van der Waals surface area (Å²) < 4.78 is 6.91. The van der Waals surface area contributed by atoms with Gasteiger partial charge in [-0.05, 0) is 25.8 Å². The lowest BCUT2D eigenvalue weighted by Crippen LogP contribution is -2.58. The Balaban J connectivity index is 1.73. The van der Waals surface area contributed by atoms with Gasteiger partial charge >= 0.3 is 0 Å². The van der Waals surface area contributed by atoms with Gasteiger partial charge in [-0.15, -0.1) is 0 Å². The van der Waals surface area contributed by atoms with Crippen molar-refractivity contribution in [3.8, 4) is 0 Å². The monoisotopic (exact) mass is 493 g/mol. The van der Waals surface area contributed by atoms with E-state index in [1.807, 2.05) is 75.4 Å². The lowest BCUT2D eigenvalue weighted by molar-refractivity contribution is -0.158. The zero-order valence-electron chi connectivity index (χ0n) is 21.3. The van der Waals surface area contributed by atoms with Gasteiger partial charge in [-0.1, -0.05) is 61.6 Å². The van der Waals surface area contributed by atoms with Crippen molar-refractivity contribution < 1.29 is 24.2 Å². The van der Waals surface area contributed by atoms with Gasteiger partial charge in [0.25, 0.3) is 0 Å². The molecule has 4 aliphatic heterocycles. The minimum Gasteiger partial charge on any atom is -0.394 e. The number of hydrogen-bond donors (Lipinski definition) is 1. The Bertz CT molecular complexity index is 1120. The molecule has 2 fully saturated rings. The van der Waals surface area contributed by atoms with Crippen LogP contribution in [0.1, 0.15) is 38.8 Å². The van der Waals surface area contributed by atoms with E-state index in [0.29, 0.717) is 19.5 Å². The van der Waals surface area contributed by atoms with Crippen LogP contribution in [0.15, 0.2) is 54.6 Å². The minimum atomic E-state index is -1.32. The van der Waals surface area contributed by atoms with Crippen molar-refractivity contribution >= 4 is 17.7 Å². The smallest absolute Gasteiger partial charge is 0.249 e. The average molecular weight is 494 g/mol. The normalized spacial score (nSPS) is 34.6. The topological polar surface area (TPSA) is 90.4 Å². The first kappa shape index (κ1) is 24.7. The molecule has 1 N–H and O–H groups in total. The number of fused-ring (bicyclic) bond motifs is 2. The lowest BCUT2D eigenvalue weighted by atomic mass is 9.73. The molecule has 0 bridgehead atoms. The number of likely N-dealkylation sites (tertiary alicyclic amines) is 1. The number of benzene rings is 1. The molecule has 0 aliphatic carbocycles. The molecule has 4 aliphatic rings. The molecule has 8 heteroatoms. The fourth-order valence-corrected chi connectivity index (χ4v) is 6.67. The zero-order chi connectivity index (χ0) is 25.8. The molecule has 0 radical (unpaired) electrons. The summed E-state index contributed by atoms with van der Waals surface area (Å²) in [4.78, 5) is 47.3. The van der Waals surface area contributed by atoms with E-state index in [1.165, 1.54) is 4.90 Å². The average Bonchev–Trinajstić information content (AvgIpc) is 3.16. The molecule has 1 unspecified atom stereocenters. The number of ether oxygens (including phenoxy) is 1. The second-order valence-electron chi connectivity index (χ2n) is 10.6. The highest BCUT2D eigenvalue weighted by atomic mass is 16.5. The Labute approximate surface area is 212 Å². The Morgan fingerprint density at radius 1 is 1.00 bits per heavy atom. The fourth-order valence-electron chi connectivity index (χ4n) is 6.67. The zero-order valence-corrected chi connectivity index (χ0v) is 21.3. The molecule has 4 heterocycles. The van der Waals surface area contributed by atoms with Crippen molar-refractivity contribution in [3.05, 3.63) is 60.2 Å². The van der Waals surface area contributed by atoms with Crippen LogP contribution in [-0.2, 0) is 19.1 Å². The van der Waals surface area contributed by atoms with Crippen LogP contribution in [0.5, 0.6) is 0 Å². The standard InChI is InChI=1S/C28H35N3O5/c1-5-27-13-9-15-29(4)24(33)21(27)22-25(34)31(20(17-32)19-11-7-6-8-12-19)23-26(35)30(18(2)3)16-10-14-28(22,23)36-27/h6-14,18,20-23,32H,5,15-17H2,1-4H3/t20-,21+,22+,23?,27-,28+/m1/s1. The molecule has 1 aromatic rings. The molecule has 8 nitrogen and oxygen atoms in total. The number of carbonyl (C=O) groups excluding carboxylic acids is 3. The molecule has 1 aromatic carbocycles. The first-order valence-electron chi connectivity index (χ1n) is 12.8. The Morgan fingerprint density at radius 3 is 2.33 bits per heavy atom. The molecular formula is C28H35N3O5. The Morgan fingerprint density at radius 2 is 1.69 bits per heavy atom. The summed E-state index contributed by atoms with van der Waals surface area (Å²) in [6, 6.07) is 7.39. The maximum atomic E-state index is 14.5. The first-order chi connectivity index (χ1) is 17.2. The number of aliphatic hydroxyl groups excluding tert-OH is 1. The molecule has 6 atom stereocenters. The SMILES string of the molecule is CC[C@@]12C=CCN(C)C(=O)[C@@H]1[C@H]1C(=O)N([C@H](CO)c3ccccc3)C3C(=O)N(C(C)C)CC=C[C@@]31O2.